The maximum Gasteiger partial charge on any atom is 0.211 e. The third-order valence-electron chi connectivity index (χ3n) is 3.75. The lowest BCUT2D eigenvalue weighted by atomic mass is 10.1. The average molecular weight is 330 g/mol. The summed E-state index contributed by atoms with van der Waals surface area (Å²) in [4.78, 5) is 2.16. The van der Waals surface area contributed by atoms with E-state index in [9.17, 15) is 13.5 Å². The van der Waals surface area contributed by atoms with Gasteiger partial charge in [-0.25, -0.2) is 8.42 Å². The summed E-state index contributed by atoms with van der Waals surface area (Å²) in [5.41, 5.74) is 0.944. The molecule has 1 saturated heterocycles. The van der Waals surface area contributed by atoms with Gasteiger partial charge in [0.1, 0.15) is 0 Å². The van der Waals surface area contributed by atoms with Gasteiger partial charge < -0.3 is 14.6 Å². The highest BCUT2D eigenvalue weighted by Crippen LogP contribution is 2.37. The Kier molecular flexibility index (Phi) is 5.15. The van der Waals surface area contributed by atoms with Crippen LogP contribution in [0.25, 0.3) is 0 Å². The zero-order chi connectivity index (χ0) is 16.3. The topological polar surface area (TPSA) is 79.3 Å². The number of phenolic OH excluding ortho intramolecular Hbond substituents is 1. The van der Waals surface area contributed by atoms with Crippen LogP contribution < -0.4 is 9.47 Å². The number of rotatable bonds is 5. The van der Waals surface area contributed by atoms with Crippen molar-refractivity contribution in [3.63, 3.8) is 0 Å². The zero-order valence-corrected chi connectivity index (χ0v) is 13.9. The lowest BCUT2D eigenvalue weighted by molar-refractivity contribution is 0.182. The third kappa shape index (κ3) is 3.82. The summed E-state index contributed by atoms with van der Waals surface area (Å²) in [6, 6.07) is 3.53. The van der Waals surface area contributed by atoms with Gasteiger partial charge >= 0.3 is 0 Å². The van der Waals surface area contributed by atoms with E-state index in [0.717, 1.165) is 5.56 Å². The number of methoxy groups -OCH3 is 2. The second-order valence-corrected chi connectivity index (χ2v) is 7.27. The van der Waals surface area contributed by atoms with Crippen molar-refractivity contribution in [3.05, 3.63) is 17.7 Å². The molecule has 0 amide bonds. The van der Waals surface area contributed by atoms with Crippen molar-refractivity contribution in [2.45, 2.75) is 6.54 Å². The van der Waals surface area contributed by atoms with Crippen LogP contribution in [0.15, 0.2) is 12.1 Å². The number of ether oxygens (including phenoxy) is 2. The van der Waals surface area contributed by atoms with Gasteiger partial charge in [0, 0.05) is 32.7 Å². The molecule has 0 aliphatic carbocycles. The van der Waals surface area contributed by atoms with Crippen molar-refractivity contribution in [1.29, 1.82) is 0 Å². The monoisotopic (exact) mass is 330 g/mol. The fourth-order valence-electron chi connectivity index (χ4n) is 2.52. The predicted molar refractivity (Wildman–Crippen MR) is 82.9 cm³/mol. The number of piperazine rings is 1. The molecule has 124 valence electrons. The van der Waals surface area contributed by atoms with E-state index in [1.54, 1.807) is 12.1 Å². The summed E-state index contributed by atoms with van der Waals surface area (Å²) in [5.74, 6) is 0.712. The first kappa shape index (κ1) is 16.9. The van der Waals surface area contributed by atoms with Crippen molar-refractivity contribution in [2.24, 2.45) is 0 Å². The van der Waals surface area contributed by atoms with E-state index in [-0.39, 0.29) is 5.75 Å². The van der Waals surface area contributed by atoms with E-state index in [1.165, 1.54) is 24.8 Å². The average Bonchev–Trinajstić information content (AvgIpc) is 2.48. The Bertz CT molecular complexity index is 599. The highest BCUT2D eigenvalue weighted by Gasteiger charge is 2.23. The van der Waals surface area contributed by atoms with E-state index >= 15 is 0 Å². The van der Waals surface area contributed by atoms with Gasteiger partial charge in [-0.3, -0.25) is 4.90 Å². The lowest BCUT2D eigenvalue weighted by Crippen LogP contribution is -2.47. The van der Waals surface area contributed by atoms with Crippen molar-refractivity contribution in [3.8, 4) is 17.2 Å². The number of hydrogen-bond donors (Lipinski definition) is 1. The minimum atomic E-state index is -3.12. The molecule has 1 N–H and O–H groups in total. The number of nitrogens with zero attached hydrogens (tertiary/aromatic N) is 2. The van der Waals surface area contributed by atoms with Crippen LogP contribution in [-0.2, 0) is 16.6 Å². The molecule has 1 aromatic carbocycles. The van der Waals surface area contributed by atoms with E-state index in [2.05, 4.69) is 4.90 Å². The molecule has 0 bridgehead atoms. The quantitative estimate of drug-likeness (QED) is 0.846. The number of aromatic hydroxyl groups is 1. The predicted octanol–water partition coefficient (Wildman–Crippen LogP) is 0.487. The van der Waals surface area contributed by atoms with Gasteiger partial charge in [0.15, 0.2) is 11.5 Å². The van der Waals surface area contributed by atoms with Crippen LogP contribution in [0.1, 0.15) is 5.56 Å². The molecule has 0 radical (unpaired) electrons. The van der Waals surface area contributed by atoms with Crippen LogP contribution >= 0.6 is 0 Å². The van der Waals surface area contributed by atoms with Crippen molar-refractivity contribution in [2.75, 3.05) is 46.7 Å². The first-order chi connectivity index (χ1) is 10.3. The molecule has 22 heavy (non-hydrogen) atoms. The SMILES string of the molecule is COc1cc(CN2CCN(S(C)(=O)=O)CC2)cc(OC)c1O. The minimum absolute atomic E-state index is 0.0179. The highest BCUT2D eigenvalue weighted by molar-refractivity contribution is 7.88. The Balaban J connectivity index is 2.06. The first-order valence-electron chi connectivity index (χ1n) is 6.96. The molecule has 7 nitrogen and oxygen atoms in total. The molecule has 0 saturated carbocycles. The molecule has 1 heterocycles. The lowest BCUT2D eigenvalue weighted by Gasteiger charge is -2.33. The van der Waals surface area contributed by atoms with E-state index < -0.39 is 10.0 Å². The van der Waals surface area contributed by atoms with Gasteiger partial charge in [0.25, 0.3) is 0 Å². The summed E-state index contributed by atoms with van der Waals surface area (Å²) in [6.07, 6.45) is 1.23. The van der Waals surface area contributed by atoms with Gasteiger partial charge in [-0.1, -0.05) is 0 Å². The molecule has 1 aliphatic heterocycles. The van der Waals surface area contributed by atoms with Gasteiger partial charge in [0.05, 0.1) is 20.5 Å². The van der Waals surface area contributed by atoms with Crippen LogP contribution in [-0.4, -0.2) is 69.4 Å². The van der Waals surface area contributed by atoms with Crippen molar-refractivity contribution >= 4 is 10.0 Å². The normalized spacial score (nSPS) is 17.4. The number of hydrogen-bond acceptors (Lipinski definition) is 6. The summed E-state index contributed by atoms with van der Waals surface area (Å²) >= 11 is 0. The first-order valence-corrected chi connectivity index (χ1v) is 8.81. The molecule has 8 heteroatoms. The number of sulfonamides is 1. The van der Waals surface area contributed by atoms with Crippen molar-refractivity contribution < 1.29 is 23.0 Å². The fourth-order valence-corrected chi connectivity index (χ4v) is 3.34. The summed E-state index contributed by atoms with van der Waals surface area (Å²) < 4.78 is 34.8. The molecule has 1 fully saturated rings. The third-order valence-corrected chi connectivity index (χ3v) is 5.05. The Hall–Kier alpha value is -1.51. The highest BCUT2D eigenvalue weighted by atomic mass is 32.2. The van der Waals surface area contributed by atoms with Crippen LogP contribution in [0.2, 0.25) is 0 Å². The Morgan fingerprint density at radius 3 is 2.00 bits per heavy atom. The van der Waals surface area contributed by atoms with Crippen LogP contribution in [0, 0.1) is 0 Å². The minimum Gasteiger partial charge on any atom is -0.502 e. The van der Waals surface area contributed by atoms with Crippen LogP contribution in [0.5, 0.6) is 17.2 Å². The fraction of sp³-hybridized carbons (Fsp3) is 0.571. The summed E-state index contributed by atoms with van der Waals surface area (Å²) in [7, 11) is -0.137. The Morgan fingerprint density at radius 2 is 1.59 bits per heavy atom. The second-order valence-electron chi connectivity index (χ2n) is 5.29. The Morgan fingerprint density at radius 1 is 1.09 bits per heavy atom. The molecule has 0 aromatic heterocycles. The molecular weight excluding hydrogens is 308 g/mol. The van der Waals surface area contributed by atoms with Crippen LogP contribution in [0.4, 0.5) is 0 Å². The standard InChI is InChI=1S/C14H22N2O5S/c1-20-12-8-11(9-13(21-2)14(12)17)10-15-4-6-16(7-5-15)22(3,18)19/h8-9,17H,4-7,10H2,1-3H3. The van der Waals surface area contributed by atoms with E-state index in [4.69, 9.17) is 9.47 Å². The van der Waals surface area contributed by atoms with Gasteiger partial charge in [0.2, 0.25) is 15.8 Å². The maximum atomic E-state index is 11.5. The second kappa shape index (κ2) is 6.72. The van der Waals surface area contributed by atoms with Gasteiger partial charge in [-0.15, -0.1) is 0 Å². The molecule has 1 aromatic rings. The van der Waals surface area contributed by atoms with Crippen LogP contribution in [0.3, 0.4) is 0 Å². The summed E-state index contributed by atoms with van der Waals surface area (Å²) in [6.45, 7) is 2.96. The van der Waals surface area contributed by atoms with Gasteiger partial charge in [-0.05, 0) is 17.7 Å². The molecular formula is C14H22N2O5S. The van der Waals surface area contributed by atoms with Crippen molar-refractivity contribution in [1.82, 2.24) is 9.21 Å². The molecule has 2 rings (SSSR count). The number of phenols is 1. The largest absolute Gasteiger partial charge is 0.502 e. The molecule has 1 aliphatic rings. The summed E-state index contributed by atoms with van der Waals surface area (Å²) in [5, 5.41) is 9.91. The smallest absolute Gasteiger partial charge is 0.211 e. The zero-order valence-electron chi connectivity index (χ0n) is 13.1. The maximum absolute atomic E-state index is 11.5. The van der Waals surface area contributed by atoms with E-state index in [1.807, 2.05) is 0 Å². The van der Waals surface area contributed by atoms with Gasteiger partial charge in [-0.2, -0.15) is 4.31 Å². The number of benzene rings is 1. The Labute approximate surface area is 131 Å². The molecule has 0 unspecified atom stereocenters. The molecule has 0 atom stereocenters. The van der Waals surface area contributed by atoms with E-state index in [0.29, 0.717) is 44.2 Å². The molecule has 0 spiro atoms.